The SMILES string of the molecule is CO[C@H]1CCN2C[C@H]1CCCCN(Cc1c(C)nn(C)c1C)CCOc1cccc(c1)C2=O. The van der Waals surface area contributed by atoms with E-state index in [4.69, 9.17) is 9.47 Å². The molecule has 2 aliphatic heterocycles. The molecular formula is C26H38N4O3. The van der Waals surface area contributed by atoms with Crippen molar-refractivity contribution in [3.05, 3.63) is 46.8 Å². The van der Waals surface area contributed by atoms with Gasteiger partial charge in [-0.3, -0.25) is 14.4 Å². The number of amides is 1. The Morgan fingerprint density at radius 1 is 1.15 bits per heavy atom. The van der Waals surface area contributed by atoms with Crippen LogP contribution in [0.25, 0.3) is 0 Å². The summed E-state index contributed by atoms with van der Waals surface area (Å²) in [6.45, 7) is 9.07. The van der Waals surface area contributed by atoms with Gasteiger partial charge in [-0.1, -0.05) is 12.5 Å². The second kappa shape index (κ2) is 10.7. The van der Waals surface area contributed by atoms with Crippen LogP contribution >= 0.6 is 0 Å². The minimum atomic E-state index is 0.0963. The van der Waals surface area contributed by atoms with Gasteiger partial charge in [0.2, 0.25) is 0 Å². The Bertz CT molecular complexity index is 957. The number of nitrogens with zero attached hydrogens (tertiary/aromatic N) is 4. The van der Waals surface area contributed by atoms with Crippen LogP contribution in [-0.2, 0) is 18.3 Å². The van der Waals surface area contributed by atoms with Gasteiger partial charge in [0.25, 0.3) is 5.91 Å². The van der Waals surface area contributed by atoms with E-state index in [-0.39, 0.29) is 12.0 Å². The molecule has 2 atom stereocenters. The summed E-state index contributed by atoms with van der Waals surface area (Å²) < 4.78 is 13.9. The van der Waals surface area contributed by atoms with Gasteiger partial charge in [-0.25, -0.2) is 0 Å². The van der Waals surface area contributed by atoms with Crippen molar-refractivity contribution in [3.63, 3.8) is 0 Å². The maximum atomic E-state index is 13.2. The molecule has 1 aromatic carbocycles. The van der Waals surface area contributed by atoms with Crippen molar-refractivity contribution in [2.24, 2.45) is 13.0 Å². The number of hydrogen-bond acceptors (Lipinski definition) is 5. The van der Waals surface area contributed by atoms with Crippen LogP contribution < -0.4 is 4.74 Å². The lowest BCUT2D eigenvalue weighted by molar-refractivity contribution is -0.00677. The molecular weight excluding hydrogens is 416 g/mol. The molecule has 4 bridgehead atoms. The summed E-state index contributed by atoms with van der Waals surface area (Å²) in [6.07, 6.45) is 4.46. The molecule has 0 radical (unpaired) electrons. The Hall–Kier alpha value is -2.38. The Morgan fingerprint density at radius 2 is 2.00 bits per heavy atom. The first-order chi connectivity index (χ1) is 16.0. The van der Waals surface area contributed by atoms with E-state index in [1.54, 1.807) is 7.11 Å². The predicted molar refractivity (Wildman–Crippen MR) is 129 cm³/mol. The fourth-order valence-electron chi connectivity index (χ4n) is 5.26. The molecule has 0 saturated carbocycles. The Balaban J connectivity index is 1.53. The second-order valence-corrected chi connectivity index (χ2v) is 9.50. The molecule has 0 unspecified atom stereocenters. The number of carbonyl (C=O) groups excluding carboxylic acids is 1. The number of aryl methyl sites for hydroxylation is 2. The molecule has 33 heavy (non-hydrogen) atoms. The summed E-state index contributed by atoms with van der Waals surface area (Å²) >= 11 is 0. The summed E-state index contributed by atoms with van der Waals surface area (Å²) in [6, 6.07) is 7.64. The van der Waals surface area contributed by atoms with Crippen LogP contribution in [0.3, 0.4) is 0 Å². The van der Waals surface area contributed by atoms with Gasteiger partial charge in [-0.15, -0.1) is 0 Å². The predicted octanol–water partition coefficient (Wildman–Crippen LogP) is 3.58. The molecule has 3 heterocycles. The molecule has 7 heteroatoms. The van der Waals surface area contributed by atoms with E-state index in [1.807, 2.05) is 40.9 Å². The summed E-state index contributed by atoms with van der Waals surface area (Å²) in [4.78, 5) is 17.7. The number of ether oxygens (including phenoxy) is 2. The van der Waals surface area contributed by atoms with Gasteiger partial charge < -0.3 is 14.4 Å². The number of hydrogen-bond donors (Lipinski definition) is 0. The lowest BCUT2D eigenvalue weighted by Crippen LogP contribution is -2.46. The van der Waals surface area contributed by atoms with E-state index in [0.717, 1.165) is 69.9 Å². The highest BCUT2D eigenvalue weighted by atomic mass is 16.5. The number of rotatable bonds is 3. The van der Waals surface area contributed by atoms with Crippen LogP contribution in [0, 0.1) is 19.8 Å². The molecule has 2 aromatic rings. The number of benzene rings is 1. The number of fused-ring (bicyclic) bond motifs is 4. The lowest BCUT2D eigenvalue weighted by Gasteiger charge is -2.38. The van der Waals surface area contributed by atoms with Crippen LogP contribution in [0.2, 0.25) is 0 Å². The molecule has 0 aliphatic carbocycles. The molecule has 4 rings (SSSR count). The lowest BCUT2D eigenvalue weighted by atomic mass is 9.89. The smallest absolute Gasteiger partial charge is 0.254 e. The van der Waals surface area contributed by atoms with Crippen molar-refractivity contribution in [1.29, 1.82) is 0 Å². The van der Waals surface area contributed by atoms with Gasteiger partial charge >= 0.3 is 0 Å². The zero-order valence-electron chi connectivity index (χ0n) is 20.5. The van der Waals surface area contributed by atoms with Gasteiger partial charge in [0.1, 0.15) is 12.4 Å². The number of methoxy groups -OCH3 is 1. The van der Waals surface area contributed by atoms with Crippen LogP contribution in [0.1, 0.15) is 53.0 Å². The van der Waals surface area contributed by atoms with Crippen molar-refractivity contribution in [2.75, 3.05) is 39.9 Å². The van der Waals surface area contributed by atoms with Crippen molar-refractivity contribution in [1.82, 2.24) is 19.6 Å². The highest BCUT2D eigenvalue weighted by Gasteiger charge is 2.31. The van der Waals surface area contributed by atoms with Crippen LogP contribution in [-0.4, -0.2) is 71.5 Å². The quantitative estimate of drug-likeness (QED) is 0.710. The van der Waals surface area contributed by atoms with Crippen LogP contribution in [0.5, 0.6) is 5.75 Å². The molecule has 0 N–H and O–H groups in total. The third kappa shape index (κ3) is 5.58. The van der Waals surface area contributed by atoms with Gasteiger partial charge in [0, 0.05) is 63.1 Å². The standard InChI is InChI=1S/C26H38N4O3/c1-19-24(20(2)28(3)27-19)18-29-12-6-5-8-22-17-30(13-11-25(22)32-4)26(31)21-9-7-10-23(16-21)33-15-14-29/h7,9-10,16,22,25H,5-6,8,11-15,17-18H2,1-4H3/t22-,25+/m1/s1. The van der Waals surface area contributed by atoms with Crippen molar-refractivity contribution in [2.45, 2.75) is 52.2 Å². The Kier molecular flexibility index (Phi) is 7.71. The molecule has 1 saturated heterocycles. The highest BCUT2D eigenvalue weighted by Crippen LogP contribution is 2.27. The van der Waals surface area contributed by atoms with Crippen molar-refractivity contribution >= 4 is 5.91 Å². The maximum Gasteiger partial charge on any atom is 0.254 e. The van der Waals surface area contributed by atoms with E-state index in [1.165, 1.54) is 11.3 Å². The molecule has 7 nitrogen and oxygen atoms in total. The largest absolute Gasteiger partial charge is 0.492 e. The fourth-order valence-corrected chi connectivity index (χ4v) is 5.26. The maximum absolute atomic E-state index is 13.2. The number of aromatic nitrogens is 2. The number of piperidine rings is 1. The minimum absolute atomic E-state index is 0.0963. The molecule has 1 amide bonds. The third-order valence-electron chi connectivity index (χ3n) is 7.35. The van der Waals surface area contributed by atoms with E-state index in [0.29, 0.717) is 18.1 Å². The normalized spacial score (nSPS) is 23.0. The zero-order chi connectivity index (χ0) is 23.4. The molecule has 0 spiro atoms. The van der Waals surface area contributed by atoms with Gasteiger partial charge in [0.05, 0.1) is 11.8 Å². The average molecular weight is 455 g/mol. The topological polar surface area (TPSA) is 59.8 Å². The number of carbonyl (C=O) groups is 1. The van der Waals surface area contributed by atoms with Gasteiger partial charge in [0.15, 0.2) is 0 Å². The first kappa shape index (κ1) is 23.8. The summed E-state index contributed by atoms with van der Waals surface area (Å²) in [7, 11) is 3.81. The van der Waals surface area contributed by atoms with E-state index >= 15 is 0 Å². The summed E-state index contributed by atoms with van der Waals surface area (Å²) in [5.74, 6) is 1.24. The first-order valence-electron chi connectivity index (χ1n) is 12.2. The molecule has 2 aliphatic rings. The molecule has 1 aromatic heterocycles. The van der Waals surface area contributed by atoms with E-state index in [9.17, 15) is 4.79 Å². The third-order valence-corrected chi connectivity index (χ3v) is 7.35. The first-order valence-corrected chi connectivity index (χ1v) is 12.2. The van der Waals surface area contributed by atoms with Gasteiger partial charge in [-0.2, -0.15) is 5.10 Å². The van der Waals surface area contributed by atoms with E-state index in [2.05, 4.69) is 23.8 Å². The molecule has 180 valence electrons. The van der Waals surface area contributed by atoms with Crippen molar-refractivity contribution in [3.8, 4) is 5.75 Å². The Morgan fingerprint density at radius 3 is 2.76 bits per heavy atom. The van der Waals surface area contributed by atoms with E-state index < -0.39 is 0 Å². The van der Waals surface area contributed by atoms with Gasteiger partial charge in [-0.05, 0) is 57.9 Å². The average Bonchev–Trinajstić information content (AvgIpc) is 3.06. The van der Waals surface area contributed by atoms with Crippen LogP contribution in [0.4, 0.5) is 0 Å². The fraction of sp³-hybridized carbons (Fsp3) is 0.615. The summed E-state index contributed by atoms with van der Waals surface area (Å²) in [5.41, 5.74) is 4.34. The Labute approximate surface area is 197 Å². The minimum Gasteiger partial charge on any atom is -0.492 e. The zero-order valence-corrected chi connectivity index (χ0v) is 20.5. The molecule has 1 fully saturated rings. The second-order valence-electron chi connectivity index (χ2n) is 9.50. The van der Waals surface area contributed by atoms with Crippen LogP contribution in [0.15, 0.2) is 24.3 Å². The monoisotopic (exact) mass is 454 g/mol. The summed E-state index contributed by atoms with van der Waals surface area (Å²) in [5, 5.41) is 4.60. The van der Waals surface area contributed by atoms with Crippen molar-refractivity contribution < 1.29 is 14.3 Å². The highest BCUT2D eigenvalue weighted by molar-refractivity contribution is 5.94.